The largest absolute Gasteiger partial charge is 0.454 e. The fraction of sp³-hybridized carbons (Fsp3) is 0.474. The third-order valence-electron chi connectivity index (χ3n) is 5.99. The molecule has 4 aliphatic heterocycles. The van der Waals surface area contributed by atoms with Gasteiger partial charge in [-0.15, -0.1) is 0 Å². The summed E-state index contributed by atoms with van der Waals surface area (Å²) in [5, 5.41) is 3.04. The van der Waals surface area contributed by atoms with Gasteiger partial charge in [0.15, 0.2) is 11.5 Å². The molecule has 6 rings (SSSR count). The second-order valence-electron chi connectivity index (χ2n) is 7.64. The molecule has 4 atom stereocenters. The van der Waals surface area contributed by atoms with Gasteiger partial charge in [-0.25, -0.2) is 0 Å². The number of hydrogen-bond acceptors (Lipinski definition) is 5. The number of ether oxygens (including phenoxy) is 3. The van der Waals surface area contributed by atoms with Crippen LogP contribution in [0, 0.1) is 11.8 Å². The van der Waals surface area contributed by atoms with E-state index in [0.29, 0.717) is 18.0 Å². The second kappa shape index (κ2) is 4.79. The first-order valence-electron chi connectivity index (χ1n) is 9.03. The van der Waals surface area contributed by atoms with Crippen molar-refractivity contribution in [2.24, 2.45) is 11.8 Å². The summed E-state index contributed by atoms with van der Waals surface area (Å²) >= 11 is 0. The average Bonchev–Trinajstić information content (AvgIpc) is 3.02. The molecule has 0 aromatic heterocycles. The highest BCUT2D eigenvalue weighted by Crippen LogP contribution is 2.53. The Balaban J connectivity index is 1.33. The topological polar surface area (TPSA) is 77.1 Å². The highest BCUT2D eigenvalue weighted by molar-refractivity contribution is 6.03. The number of nitrogens with one attached hydrogen (secondary N) is 1. The van der Waals surface area contributed by atoms with Crippen LogP contribution < -0.4 is 19.7 Å². The molecule has 1 saturated carbocycles. The molecule has 5 aliphatic rings. The minimum Gasteiger partial charge on any atom is -0.454 e. The minimum atomic E-state index is -0.705. The van der Waals surface area contributed by atoms with Crippen molar-refractivity contribution in [1.29, 1.82) is 0 Å². The van der Waals surface area contributed by atoms with Crippen molar-refractivity contribution in [3.8, 4) is 11.5 Å². The first-order chi connectivity index (χ1) is 12.6. The Labute approximate surface area is 149 Å². The van der Waals surface area contributed by atoms with Crippen LogP contribution in [-0.4, -0.2) is 42.9 Å². The van der Waals surface area contributed by atoms with E-state index in [0.717, 1.165) is 18.5 Å². The summed E-state index contributed by atoms with van der Waals surface area (Å²) < 4.78 is 16.9. The summed E-state index contributed by atoms with van der Waals surface area (Å²) in [5.41, 5.74) is 0.0359. The van der Waals surface area contributed by atoms with Crippen molar-refractivity contribution in [2.45, 2.75) is 30.6 Å². The third kappa shape index (κ3) is 1.86. The minimum absolute atomic E-state index is 0.0605. The first-order valence-corrected chi connectivity index (χ1v) is 9.03. The lowest BCUT2D eigenvalue weighted by Crippen LogP contribution is -2.44. The molecule has 1 N–H and O–H groups in total. The van der Waals surface area contributed by atoms with E-state index in [1.54, 1.807) is 4.90 Å². The van der Waals surface area contributed by atoms with Crippen LogP contribution in [0.15, 0.2) is 30.4 Å². The number of hydrogen-bond donors (Lipinski definition) is 1. The first kappa shape index (κ1) is 14.6. The average molecular weight is 354 g/mol. The molecule has 1 spiro atoms. The SMILES string of the molecule is O=C(NC1CC1)[C@@H]1[C@H]2C=C[C@@]3(CN(c4ccc5c(c4)OCO5)C(=O)[C@@H]13)O2. The maximum atomic E-state index is 13.2. The zero-order valence-corrected chi connectivity index (χ0v) is 14.0. The lowest BCUT2D eigenvalue weighted by molar-refractivity contribution is -0.132. The maximum absolute atomic E-state index is 13.2. The van der Waals surface area contributed by atoms with Gasteiger partial charge in [-0.2, -0.15) is 0 Å². The van der Waals surface area contributed by atoms with Crippen LogP contribution in [0.2, 0.25) is 0 Å². The maximum Gasteiger partial charge on any atom is 0.234 e. The fourth-order valence-electron chi connectivity index (χ4n) is 4.59. The molecule has 2 amide bonds. The molecule has 1 aromatic rings. The molecule has 26 heavy (non-hydrogen) atoms. The van der Waals surface area contributed by atoms with Crippen molar-refractivity contribution < 1.29 is 23.8 Å². The van der Waals surface area contributed by atoms with Crippen molar-refractivity contribution in [1.82, 2.24) is 5.32 Å². The number of rotatable bonds is 3. The van der Waals surface area contributed by atoms with Gasteiger partial charge in [-0.3, -0.25) is 9.59 Å². The van der Waals surface area contributed by atoms with Gasteiger partial charge in [0.25, 0.3) is 0 Å². The van der Waals surface area contributed by atoms with Crippen molar-refractivity contribution in [2.75, 3.05) is 18.2 Å². The summed E-state index contributed by atoms with van der Waals surface area (Å²) in [6.07, 6.45) is 5.64. The van der Waals surface area contributed by atoms with Crippen LogP contribution in [0.5, 0.6) is 11.5 Å². The zero-order valence-electron chi connectivity index (χ0n) is 14.0. The molecule has 2 bridgehead atoms. The van der Waals surface area contributed by atoms with Gasteiger partial charge in [0.2, 0.25) is 18.6 Å². The highest BCUT2D eigenvalue weighted by Gasteiger charge is 2.67. The van der Waals surface area contributed by atoms with E-state index in [9.17, 15) is 9.59 Å². The Bertz CT molecular complexity index is 863. The quantitative estimate of drug-likeness (QED) is 0.819. The molecule has 0 radical (unpaired) electrons. The van der Waals surface area contributed by atoms with Crippen molar-refractivity contribution in [3.05, 3.63) is 30.4 Å². The molecule has 7 nitrogen and oxygen atoms in total. The van der Waals surface area contributed by atoms with Gasteiger partial charge >= 0.3 is 0 Å². The van der Waals surface area contributed by atoms with E-state index in [2.05, 4.69) is 5.32 Å². The Morgan fingerprint density at radius 3 is 2.92 bits per heavy atom. The second-order valence-corrected chi connectivity index (χ2v) is 7.64. The molecule has 1 aromatic carbocycles. The summed E-state index contributed by atoms with van der Waals surface area (Å²) in [6.45, 7) is 0.604. The molecule has 3 fully saturated rings. The summed E-state index contributed by atoms with van der Waals surface area (Å²) in [5.74, 6) is 0.265. The van der Waals surface area contributed by atoms with E-state index in [1.807, 2.05) is 30.4 Å². The number of benzene rings is 1. The molecule has 134 valence electrons. The van der Waals surface area contributed by atoms with E-state index in [1.165, 1.54) is 0 Å². The van der Waals surface area contributed by atoms with Gasteiger partial charge in [-0.1, -0.05) is 12.2 Å². The Morgan fingerprint density at radius 2 is 2.08 bits per heavy atom. The number of carbonyl (C=O) groups is 2. The highest BCUT2D eigenvalue weighted by atomic mass is 16.7. The summed E-state index contributed by atoms with van der Waals surface area (Å²) in [4.78, 5) is 27.7. The number of amides is 2. The van der Waals surface area contributed by atoms with Gasteiger partial charge in [0.1, 0.15) is 5.60 Å². The van der Waals surface area contributed by atoms with Gasteiger partial charge < -0.3 is 24.4 Å². The van der Waals surface area contributed by atoms with Crippen LogP contribution in [0.4, 0.5) is 5.69 Å². The fourth-order valence-corrected chi connectivity index (χ4v) is 4.59. The number of nitrogens with zero attached hydrogens (tertiary/aromatic N) is 1. The van der Waals surface area contributed by atoms with Crippen molar-refractivity contribution >= 4 is 17.5 Å². The summed E-state index contributed by atoms with van der Waals surface area (Å²) in [6, 6.07) is 5.73. The smallest absolute Gasteiger partial charge is 0.234 e. The molecular weight excluding hydrogens is 336 g/mol. The lowest BCUT2D eigenvalue weighted by atomic mass is 9.77. The molecule has 1 aliphatic carbocycles. The van der Waals surface area contributed by atoms with Gasteiger partial charge in [0.05, 0.1) is 24.5 Å². The predicted molar refractivity (Wildman–Crippen MR) is 89.8 cm³/mol. The Morgan fingerprint density at radius 1 is 1.23 bits per heavy atom. The van der Waals surface area contributed by atoms with Crippen LogP contribution in [0.1, 0.15) is 12.8 Å². The molecular formula is C19H18N2O5. The molecule has 7 heteroatoms. The standard InChI is InChI=1S/C19H18N2O5/c22-17(20-10-1-2-10)15-13-5-6-19(26-13)8-21(18(23)16(15)19)11-3-4-12-14(7-11)25-9-24-12/h3-7,10,13,15-16H,1-2,8-9H2,(H,20,22)/t13-,15-,16-,19+/m1/s1. The van der Waals surface area contributed by atoms with Crippen LogP contribution >= 0.6 is 0 Å². The molecule has 0 unspecified atom stereocenters. The number of carbonyl (C=O) groups excluding carboxylic acids is 2. The van der Waals surface area contributed by atoms with Gasteiger partial charge in [-0.05, 0) is 25.0 Å². The summed E-state index contributed by atoms with van der Waals surface area (Å²) in [7, 11) is 0. The van der Waals surface area contributed by atoms with E-state index in [4.69, 9.17) is 14.2 Å². The Kier molecular flexibility index (Phi) is 2.69. The molecule has 2 saturated heterocycles. The number of fused-ring (bicyclic) bond motifs is 2. The lowest BCUT2D eigenvalue weighted by Gasteiger charge is -2.23. The van der Waals surface area contributed by atoms with E-state index in [-0.39, 0.29) is 30.8 Å². The third-order valence-corrected chi connectivity index (χ3v) is 5.99. The van der Waals surface area contributed by atoms with E-state index >= 15 is 0 Å². The Hall–Kier alpha value is -2.54. The number of anilines is 1. The zero-order chi connectivity index (χ0) is 17.5. The van der Waals surface area contributed by atoms with Crippen LogP contribution in [0.25, 0.3) is 0 Å². The predicted octanol–water partition coefficient (Wildman–Crippen LogP) is 0.980. The monoisotopic (exact) mass is 354 g/mol. The van der Waals surface area contributed by atoms with Crippen LogP contribution in [-0.2, 0) is 14.3 Å². The van der Waals surface area contributed by atoms with Crippen molar-refractivity contribution in [3.63, 3.8) is 0 Å². The van der Waals surface area contributed by atoms with E-state index < -0.39 is 17.4 Å². The van der Waals surface area contributed by atoms with Crippen LogP contribution in [0.3, 0.4) is 0 Å². The van der Waals surface area contributed by atoms with Gasteiger partial charge in [0, 0.05) is 17.8 Å². The normalized spacial score (nSPS) is 35.9. The molecule has 4 heterocycles.